The van der Waals surface area contributed by atoms with Gasteiger partial charge >= 0.3 is 0 Å². The second-order valence-corrected chi connectivity index (χ2v) is 6.84. The van der Waals surface area contributed by atoms with E-state index in [1.807, 2.05) is 6.08 Å². The van der Waals surface area contributed by atoms with E-state index in [4.69, 9.17) is 5.73 Å². The fourth-order valence-corrected chi connectivity index (χ4v) is 4.59. The predicted octanol–water partition coefficient (Wildman–Crippen LogP) is 2.98. The van der Waals surface area contributed by atoms with E-state index in [0.29, 0.717) is 11.3 Å². The molecule has 0 unspecified atom stereocenters. The molecule has 0 bridgehead atoms. The Balaban J connectivity index is 2.31. The Morgan fingerprint density at radius 1 is 1.17 bits per heavy atom. The van der Waals surface area contributed by atoms with Crippen LogP contribution in [0, 0.1) is 51.1 Å². The summed E-state index contributed by atoms with van der Waals surface area (Å²) in [5, 5.41) is 29.1. The van der Waals surface area contributed by atoms with Gasteiger partial charge in [-0.15, -0.1) is 0 Å². The first-order chi connectivity index (χ1) is 11.6. The van der Waals surface area contributed by atoms with Crippen molar-refractivity contribution in [3.05, 3.63) is 58.6 Å². The Morgan fingerprint density at radius 3 is 2.42 bits per heavy atom. The first-order valence-electron chi connectivity index (χ1n) is 7.35. The minimum absolute atomic E-state index is 0.00118. The molecule has 1 aliphatic heterocycles. The molecule has 3 rings (SSSR count). The molecule has 0 spiro atoms. The highest BCUT2D eigenvalue weighted by atomic mass is 32.2. The molecule has 1 heterocycles. The Kier molecular flexibility index (Phi) is 4.06. The molecule has 1 aliphatic carbocycles. The standard InChI is InChI=1S/C18H13FN4S/c19-12-3-1-11(2-4-12)16-15-8-24-6-5-13(15)14(7-20)17(23)18(16,9-21)10-22/h1-5,15-16H,6,8,23H2/t15-,16+/m0/s1. The molecular formula is C18H13FN4S. The molecule has 24 heavy (non-hydrogen) atoms. The van der Waals surface area contributed by atoms with E-state index >= 15 is 0 Å². The third-order valence-electron chi connectivity index (χ3n) is 4.66. The van der Waals surface area contributed by atoms with Crippen LogP contribution in [0.1, 0.15) is 11.5 Å². The topological polar surface area (TPSA) is 97.4 Å². The number of nitriles is 3. The maximum absolute atomic E-state index is 13.3. The van der Waals surface area contributed by atoms with E-state index in [9.17, 15) is 20.2 Å². The van der Waals surface area contributed by atoms with Gasteiger partial charge < -0.3 is 5.73 Å². The molecule has 0 amide bonds. The van der Waals surface area contributed by atoms with E-state index < -0.39 is 11.3 Å². The predicted molar refractivity (Wildman–Crippen MR) is 88.5 cm³/mol. The van der Waals surface area contributed by atoms with Crippen molar-refractivity contribution in [2.24, 2.45) is 17.1 Å². The summed E-state index contributed by atoms with van der Waals surface area (Å²) in [6, 6.07) is 12.0. The highest BCUT2D eigenvalue weighted by Crippen LogP contribution is 2.54. The molecule has 0 aromatic heterocycles. The largest absolute Gasteiger partial charge is 0.399 e. The Bertz CT molecular complexity index is 850. The van der Waals surface area contributed by atoms with Gasteiger partial charge in [0.1, 0.15) is 11.9 Å². The molecular weight excluding hydrogens is 323 g/mol. The zero-order chi connectivity index (χ0) is 17.3. The van der Waals surface area contributed by atoms with Gasteiger partial charge in [-0.05, 0) is 23.3 Å². The number of hydrogen-bond donors (Lipinski definition) is 1. The highest BCUT2D eigenvalue weighted by molar-refractivity contribution is 7.99. The zero-order valence-electron chi connectivity index (χ0n) is 12.7. The summed E-state index contributed by atoms with van der Waals surface area (Å²) in [5.41, 5.74) is 6.22. The average Bonchev–Trinajstić information content (AvgIpc) is 2.62. The van der Waals surface area contributed by atoms with Crippen molar-refractivity contribution in [2.75, 3.05) is 11.5 Å². The molecule has 0 radical (unpaired) electrons. The van der Waals surface area contributed by atoms with Gasteiger partial charge in [-0.3, -0.25) is 0 Å². The van der Waals surface area contributed by atoms with E-state index in [-0.39, 0.29) is 23.0 Å². The first-order valence-corrected chi connectivity index (χ1v) is 8.51. The molecule has 2 aliphatic rings. The van der Waals surface area contributed by atoms with Crippen LogP contribution in [0.15, 0.2) is 47.2 Å². The fourth-order valence-electron chi connectivity index (χ4n) is 3.53. The number of nitrogens with two attached hydrogens (primary N) is 1. The van der Waals surface area contributed by atoms with Gasteiger partial charge in [0.2, 0.25) is 0 Å². The molecule has 118 valence electrons. The Morgan fingerprint density at radius 2 is 1.83 bits per heavy atom. The van der Waals surface area contributed by atoms with Gasteiger partial charge in [0, 0.05) is 23.3 Å². The molecule has 6 heteroatoms. The van der Waals surface area contributed by atoms with E-state index in [1.54, 1.807) is 23.9 Å². The lowest BCUT2D eigenvalue weighted by Gasteiger charge is -2.43. The quantitative estimate of drug-likeness (QED) is 0.850. The summed E-state index contributed by atoms with van der Waals surface area (Å²) < 4.78 is 13.3. The van der Waals surface area contributed by atoms with Gasteiger partial charge in [-0.2, -0.15) is 27.5 Å². The maximum Gasteiger partial charge on any atom is 0.191 e. The fraction of sp³-hybridized carbons (Fsp3) is 0.278. The van der Waals surface area contributed by atoms with Crippen LogP contribution >= 0.6 is 11.8 Å². The summed E-state index contributed by atoms with van der Waals surface area (Å²) in [6.45, 7) is 0. The lowest BCUT2D eigenvalue weighted by atomic mass is 9.59. The summed E-state index contributed by atoms with van der Waals surface area (Å²) in [7, 11) is 0. The monoisotopic (exact) mass is 336 g/mol. The minimum atomic E-state index is -1.64. The number of hydrogen-bond acceptors (Lipinski definition) is 5. The second kappa shape index (κ2) is 6.04. The molecule has 1 aromatic carbocycles. The van der Waals surface area contributed by atoms with Gasteiger partial charge in [-0.25, -0.2) is 4.39 Å². The van der Waals surface area contributed by atoms with Crippen molar-refractivity contribution in [3.63, 3.8) is 0 Å². The van der Waals surface area contributed by atoms with Crippen LogP contribution in [0.5, 0.6) is 0 Å². The summed E-state index contributed by atoms with van der Waals surface area (Å²) in [5.74, 6) is 0.327. The van der Waals surface area contributed by atoms with Crippen molar-refractivity contribution in [1.82, 2.24) is 0 Å². The molecule has 0 saturated heterocycles. The SMILES string of the molecule is N#CC1=C(N)C(C#N)(C#N)[C@H](c2ccc(F)cc2)[C@H]2CSCC=C12. The highest BCUT2D eigenvalue weighted by Gasteiger charge is 2.53. The third-order valence-corrected chi connectivity index (χ3v) is 5.66. The maximum atomic E-state index is 13.3. The third kappa shape index (κ3) is 2.18. The van der Waals surface area contributed by atoms with Crippen LogP contribution in [0.4, 0.5) is 4.39 Å². The molecule has 4 nitrogen and oxygen atoms in total. The lowest BCUT2D eigenvalue weighted by Crippen LogP contribution is -2.43. The lowest BCUT2D eigenvalue weighted by molar-refractivity contribution is 0.368. The van der Waals surface area contributed by atoms with Gasteiger partial charge in [0.05, 0.1) is 23.4 Å². The molecule has 0 fully saturated rings. The number of benzene rings is 1. The minimum Gasteiger partial charge on any atom is -0.399 e. The second-order valence-electron chi connectivity index (χ2n) is 5.76. The van der Waals surface area contributed by atoms with Crippen LogP contribution in [0.2, 0.25) is 0 Å². The van der Waals surface area contributed by atoms with Crippen molar-refractivity contribution < 1.29 is 4.39 Å². The normalized spacial score (nSPS) is 24.8. The van der Waals surface area contributed by atoms with E-state index in [2.05, 4.69) is 18.2 Å². The number of halogens is 1. The summed E-state index contributed by atoms with van der Waals surface area (Å²) >= 11 is 1.68. The van der Waals surface area contributed by atoms with Gasteiger partial charge in [-0.1, -0.05) is 18.2 Å². The van der Waals surface area contributed by atoms with Crippen LogP contribution in [0.3, 0.4) is 0 Å². The number of allylic oxidation sites excluding steroid dienone is 3. The van der Waals surface area contributed by atoms with Crippen molar-refractivity contribution >= 4 is 11.8 Å². The molecule has 2 atom stereocenters. The zero-order valence-corrected chi connectivity index (χ0v) is 13.5. The number of rotatable bonds is 1. The van der Waals surface area contributed by atoms with Crippen LogP contribution < -0.4 is 5.73 Å². The van der Waals surface area contributed by atoms with Gasteiger partial charge in [0.25, 0.3) is 0 Å². The molecule has 1 aromatic rings. The number of fused-ring (bicyclic) bond motifs is 1. The number of thioether (sulfide) groups is 1. The summed E-state index contributed by atoms with van der Waals surface area (Å²) in [6.07, 6.45) is 1.94. The summed E-state index contributed by atoms with van der Waals surface area (Å²) in [4.78, 5) is 0. The molecule has 2 N–H and O–H groups in total. The van der Waals surface area contributed by atoms with E-state index in [1.165, 1.54) is 12.1 Å². The van der Waals surface area contributed by atoms with Crippen molar-refractivity contribution in [2.45, 2.75) is 5.92 Å². The van der Waals surface area contributed by atoms with Crippen LogP contribution in [-0.4, -0.2) is 11.5 Å². The Hall–Kier alpha value is -2.75. The van der Waals surface area contributed by atoms with E-state index in [0.717, 1.165) is 11.3 Å². The first kappa shape index (κ1) is 16.1. The van der Waals surface area contributed by atoms with Gasteiger partial charge in [0.15, 0.2) is 5.41 Å². The van der Waals surface area contributed by atoms with Crippen LogP contribution in [0.25, 0.3) is 0 Å². The van der Waals surface area contributed by atoms with Crippen LogP contribution in [-0.2, 0) is 0 Å². The Labute approximate surface area is 143 Å². The smallest absolute Gasteiger partial charge is 0.191 e. The average molecular weight is 336 g/mol. The van der Waals surface area contributed by atoms with Crippen molar-refractivity contribution in [3.8, 4) is 18.2 Å². The number of nitrogens with zero attached hydrogens (tertiary/aromatic N) is 3. The van der Waals surface area contributed by atoms with Crippen molar-refractivity contribution in [1.29, 1.82) is 15.8 Å². The molecule has 0 saturated carbocycles.